The van der Waals surface area contributed by atoms with E-state index in [1.54, 1.807) is 0 Å². The van der Waals surface area contributed by atoms with Crippen LogP contribution in [0, 0.1) is 5.82 Å². The Kier molecular flexibility index (Phi) is 2.96. The first-order chi connectivity index (χ1) is 7.46. The van der Waals surface area contributed by atoms with E-state index in [1.165, 1.54) is 24.3 Å². The number of rotatable bonds is 4. The van der Waals surface area contributed by atoms with Crippen LogP contribution >= 0.6 is 0 Å². The minimum atomic E-state index is -3.37. The Bertz CT molecular complexity index is 472. The first-order valence-corrected chi connectivity index (χ1v) is 6.61. The molecule has 0 radical (unpaired) electrons. The summed E-state index contributed by atoms with van der Waals surface area (Å²) >= 11 is 0. The molecule has 0 saturated heterocycles. The molecular weight excluding hydrogens is 231 g/mol. The number of nitrogens with one attached hydrogen (secondary N) is 1. The van der Waals surface area contributed by atoms with Crippen LogP contribution in [-0.4, -0.2) is 20.5 Å². The van der Waals surface area contributed by atoms with Crippen LogP contribution in [0.3, 0.4) is 0 Å². The summed E-state index contributed by atoms with van der Waals surface area (Å²) in [6, 6.07) is 5.21. The van der Waals surface area contributed by atoms with Crippen LogP contribution in [0.1, 0.15) is 12.0 Å². The van der Waals surface area contributed by atoms with Crippen molar-refractivity contribution in [3.63, 3.8) is 0 Å². The normalized spacial score (nSPS) is 24.4. The minimum absolute atomic E-state index is 0.0667. The molecular formula is C10H13FN2O2S. The van der Waals surface area contributed by atoms with Gasteiger partial charge in [-0.1, -0.05) is 12.1 Å². The Morgan fingerprint density at radius 1 is 1.38 bits per heavy atom. The van der Waals surface area contributed by atoms with Gasteiger partial charge in [-0.2, -0.15) is 0 Å². The molecule has 1 aromatic carbocycles. The highest BCUT2D eigenvalue weighted by molar-refractivity contribution is 7.88. The second-order valence-corrected chi connectivity index (χ2v) is 5.76. The average molecular weight is 244 g/mol. The molecule has 1 fully saturated rings. The number of benzene rings is 1. The van der Waals surface area contributed by atoms with E-state index in [0.29, 0.717) is 12.0 Å². The van der Waals surface area contributed by atoms with Gasteiger partial charge in [-0.15, -0.1) is 0 Å². The summed E-state index contributed by atoms with van der Waals surface area (Å²) in [7, 11) is -3.37. The first kappa shape index (κ1) is 11.5. The van der Waals surface area contributed by atoms with Crippen LogP contribution in [0.2, 0.25) is 0 Å². The van der Waals surface area contributed by atoms with E-state index < -0.39 is 10.0 Å². The van der Waals surface area contributed by atoms with E-state index >= 15 is 0 Å². The molecule has 3 N–H and O–H groups in total. The van der Waals surface area contributed by atoms with Gasteiger partial charge in [0.1, 0.15) is 5.82 Å². The molecule has 0 aromatic heterocycles. The lowest BCUT2D eigenvalue weighted by atomic mass is 10.2. The zero-order valence-corrected chi connectivity index (χ0v) is 9.37. The van der Waals surface area contributed by atoms with Gasteiger partial charge in [0.15, 0.2) is 0 Å². The Morgan fingerprint density at radius 3 is 2.44 bits per heavy atom. The van der Waals surface area contributed by atoms with Crippen molar-refractivity contribution in [3.05, 3.63) is 35.6 Å². The molecule has 2 atom stereocenters. The Balaban J connectivity index is 2.00. The molecule has 0 heterocycles. The van der Waals surface area contributed by atoms with Crippen molar-refractivity contribution < 1.29 is 12.8 Å². The van der Waals surface area contributed by atoms with Gasteiger partial charge in [0.2, 0.25) is 10.0 Å². The highest BCUT2D eigenvalue weighted by Gasteiger charge is 2.36. The molecule has 88 valence electrons. The summed E-state index contributed by atoms with van der Waals surface area (Å²) in [6.45, 7) is 0. The van der Waals surface area contributed by atoms with Crippen molar-refractivity contribution in [1.82, 2.24) is 4.72 Å². The summed E-state index contributed by atoms with van der Waals surface area (Å²) in [5, 5.41) is 0. The second-order valence-electron chi connectivity index (χ2n) is 4.01. The fourth-order valence-electron chi connectivity index (χ4n) is 1.42. The van der Waals surface area contributed by atoms with E-state index in [2.05, 4.69) is 4.72 Å². The van der Waals surface area contributed by atoms with Gasteiger partial charge in [0.05, 0.1) is 5.75 Å². The summed E-state index contributed by atoms with van der Waals surface area (Å²) in [4.78, 5) is 0. The van der Waals surface area contributed by atoms with Crippen molar-refractivity contribution in [2.75, 3.05) is 0 Å². The second kappa shape index (κ2) is 4.12. The molecule has 1 aromatic rings. The number of sulfonamides is 1. The third kappa shape index (κ3) is 3.01. The molecule has 2 unspecified atom stereocenters. The van der Waals surface area contributed by atoms with E-state index in [-0.39, 0.29) is 23.7 Å². The molecule has 16 heavy (non-hydrogen) atoms. The highest BCUT2D eigenvalue weighted by Crippen LogP contribution is 2.19. The van der Waals surface area contributed by atoms with Crippen LogP contribution in [0.5, 0.6) is 0 Å². The molecule has 0 bridgehead atoms. The highest BCUT2D eigenvalue weighted by atomic mass is 32.2. The van der Waals surface area contributed by atoms with Gasteiger partial charge >= 0.3 is 0 Å². The van der Waals surface area contributed by atoms with Crippen LogP contribution in [0.4, 0.5) is 4.39 Å². The minimum Gasteiger partial charge on any atom is -0.326 e. The Labute approximate surface area is 93.7 Å². The van der Waals surface area contributed by atoms with Crippen molar-refractivity contribution in [1.29, 1.82) is 0 Å². The number of halogens is 1. The van der Waals surface area contributed by atoms with E-state index in [0.717, 1.165) is 0 Å². The quantitative estimate of drug-likeness (QED) is 0.802. The maximum absolute atomic E-state index is 12.6. The van der Waals surface area contributed by atoms with E-state index in [9.17, 15) is 12.8 Å². The lowest BCUT2D eigenvalue weighted by Gasteiger charge is -2.05. The largest absolute Gasteiger partial charge is 0.326 e. The number of hydrogen-bond acceptors (Lipinski definition) is 3. The molecule has 4 nitrogen and oxygen atoms in total. The van der Waals surface area contributed by atoms with Crippen LogP contribution in [-0.2, 0) is 15.8 Å². The summed E-state index contributed by atoms with van der Waals surface area (Å²) < 4.78 is 38.3. The van der Waals surface area contributed by atoms with Gasteiger partial charge in [0, 0.05) is 12.1 Å². The molecule has 1 saturated carbocycles. The topological polar surface area (TPSA) is 72.2 Å². The molecule has 1 aliphatic rings. The monoisotopic (exact) mass is 244 g/mol. The predicted molar refractivity (Wildman–Crippen MR) is 58.5 cm³/mol. The Hall–Kier alpha value is -0.980. The summed E-state index contributed by atoms with van der Waals surface area (Å²) in [5.41, 5.74) is 6.07. The fourth-order valence-corrected chi connectivity index (χ4v) is 2.87. The molecule has 0 spiro atoms. The summed E-state index contributed by atoms with van der Waals surface area (Å²) in [5.74, 6) is -0.519. The van der Waals surface area contributed by atoms with Crippen LogP contribution in [0.15, 0.2) is 24.3 Å². The fraction of sp³-hybridized carbons (Fsp3) is 0.400. The number of nitrogens with two attached hydrogens (primary N) is 1. The predicted octanol–water partition coefficient (Wildman–Crippen LogP) is 0.345. The smallest absolute Gasteiger partial charge is 0.216 e. The molecule has 0 amide bonds. The zero-order valence-electron chi connectivity index (χ0n) is 8.56. The summed E-state index contributed by atoms with van der Waals surface area (Å²) in [6.07, 6.45) is 0.683. The molecule has 6 heteroatoms. The van der Waals surface area contributed by atoms with Crippen molar-refractivity contribution >= 4 is 10.0 Å². The maximum atomic E-state index is 12.6. The van der Waals surface area contributed by atoms with E-state index in [1.807, 2.05) is 0 Å². The lowest BCUT2D eigenvalue weighted by molar-refractivity contribution is 0.578. The van der Waals surface area contributed by atoms with Gasteiger partial charge in [0.25, 0.3) is 0 Å². The third-order valence-electron chi connectivity index (χ3n) is 2.44. The van der Waals surface area contributed by atoms with Gasteiger partial charge in [-0.25, -0.2) is 17.5 Å². The van der Waals surface area contributed by atoms with Gasteiger partial charge in [-0.3, -0.25) is 0 Å². The van der Waals surface area contributed by atoms with Crippen molar-refractivity contribution in [2.24, 2.45) is 5.73 Å². The zero-order chi connectivity index (χ0) is 11.8. The van der Waals surface area contributed by atoms with Crippen molar-refractivity contribution in [3.8, 4) is 0 Å². The standard InChI is InChI=1S/C10H13FN2O2S/c11-8-3-1-7(2-4-8)6-16(14,15)13-10-5-9(10)12/h1-4,9-10,13H,5-6,12H2. The third-order valence-corrected chi connectivity index (χ3v) is 3.82. The molecule has 2 rings (SSSR count). The van der Waals surface area contributed by atoms with Gasteiger partial charge in [-0.05, 0) is 24.1 Å². The molecule has 1 aliphatic carbocycles. The lowest BCUT2D eigenvalue weighted by Crippen LogP contribution is -2.30. The van der Waals surface area contributed by atoms with E-state index in [4.69, 9.17) is 5.73 Å². The van der Waals surface area contributed by atoms with Crippen molar-refractivity contribution in [2.45, 2.75) is 24.3 Å². The first-order valence-electron chi connectivity index (χ1n) is 4.96. The van der Waals surface area contributed by atoms with Crippen LogP contribution in [0.25, 0.3) is 0 Å². The Morgan fingerprint density at radius 2 is 1.94 bits per heavy atom. The molecule has 0 aliphatic heterocycles. The van der Waals surface area contributed by atoms with Gasteiger partial charge < -0.3 is 5.73 Å². The maximum Gasteiger partial charge on any atom is 0.216 e. The number of hydrogen-bond donors (Lipinski definition) is 2. The SMILES string of the molecule is NC1CC1NS(=O)(=O)Cc1ccc(F)cc1. The average Bonchev–Trinajstić information content (AvgIpc) is 2.84. The van der Waals surface area contributed by atoms with Crippen LogP contribution < -0.4 is 10.5 Å².